The first-order chi connectivity index (χ1) is 7.43. The van der Waals surface area contributed by atoms with Crippen LogP contribution in [0.2, 0.25) is 0 Å². The van der Waals surface area contributed by atoms with Crippen molar-refractivity contribution in [1.82, 2.24) is 10.6 Å². The highest BCUT2D eigenvalue weighted by atomic mass is 16.4. The molecule has 0 aromatic rings. The highest BCUT2D eigenvalue weighted by molar-refractivity contribution is 5.83. The molecule has 5 N–H and O–H groups in total. The number of amides is 3. The Bertz CT molecular complexity index is 312. The first-order valence-corrected chi connectivity index (χ1v) is 5.00. The van der Waals surface area contributed by atoms with Crippen molar-refractivity contribution in [3.8, 4) is 0 Å². The molecule has 0 aromatic heterocycles. The summed E-state index contributed by atoms with van der Waals surface area (Å²) in [4.78, 5) is 32.3. The maximum absolute atomic E-state index is 11.3. The molecule has 1 fully saturated rings. The first-order valence-electron chi connectivity index (χ1n) is 5.00. The minimum Gasteiger partial charge on any atom is -0.481 e. The van der Waals surface area contributed by atoms with Crippen molar-refractivity contribution in [3.05, 3.63) is 0 Å². The molecule has 0 aromatic carbocycles. The lowest BCUT2D eigenvalue weighted by Crippen LogP contribution is -2.57. The maximum atomic E-state index is 11.3. The zero-order valence-corrected chi connectivity index (χ0v) is 8.78. The van der Waals surface area contributed by atoms with Gasteiger partial charge in [0.2, 0.25) is 5.91 Å². The van der Waals surface area contributed by atoms with Gasteiger partial charge in [-0.25, -0.2) is 4.79 Å². The average Bonchev–Trinajstić information content (AvgIpc) is 2.10. The van der Waals surface area contributed by atoms with E-state index in [-0.39, 0.29) is 13.0 Å². The van der Waals surface area contributed by atoms with Gasteiger partial charge < -0.3 is 21.5 Å². The van der Waals surface area contributed by atoms with E-state index in [2.05, 4.69) is 10.6 Å². The molecule has 0 radical (unpaired) electrons. The fraction of sp³-hybridized carbons (Fsp3) is 0.667. The van der Waals surface area contributed by atoms with Crippen LogP contribution in [-0.2, 0) is 9.59 Å². The largest absolute Gasteiger partial charge is 0.481 e. The second-order valence-electron chi connectivity index (χ2n) is 3.98. The van der Waals surface area contributed by atoms with E-state index in [4.69, 9.17) is 10.8 Å². The Hall–Kier alpha value is -1.79. The van der Waals surface area contributed by atoms with Crippen LogP contribution in [0.5, 0.6) is 0 Å². The molecule has 1 saturated carbocycles. The minimum absolute atomic E-state index is 0.100. The number of carbonyl (C=O) groups is 3. The topological polar surface area (TPSA) is 122 Å². The van der Waals surface area contributed by atoms with Crippen LogP contribution in [0.1, 0.15) is 25.7 Å². The molecule has 0 bridgehead atoms. The molecule has 7 nitrogen and oxygen atoms in total. The molecule has 0 saturated heterocycles. The Morgan fingerprint density at radius 2 is 1.94 bits per heavy atom. The van der Waals surface area contributed by atoms with Crippen LogP contribution in [0.4, 0.5) is 4.79 Å². The second kappa shape index (κ2) is 4.82. The van der Waals surface area contributed by atoms with E-state index >= 15 is 0 Å². The lowest BCUT2D eigenvalue weighted by Gasteiger charge is -2.41. The Morgan fingerprint density at radius 1 is 1.31 bits per heavy atom. The van der Waals surface area contributed by atoms with Crippen LogP contribution in [0.25, 0.3) is 0 Å². The van der Waals surface area contributed by atoms with Gasteiger partial charge in [0.05, 0.1) is 18.5 Å². The van der Waals surface area contributed by atoms with E-state index in [0.29, 0.717) is 12.8 Å². The van der Waals surface area contributed by atoms with Crippen molar-refractivity contribution in [2.75, 3.05) is 6.54 Å². The second-order valence-corrected chi connectivity index (χ2v) is 3.98. The predicted octanol–water partition coefficient (Wildman–Crippen LogP) is -0.832. The Balaban J connectivity index is 2.41. The molecule has 1 rings (SSSR count). The fourth-order valence-electron chi connectivity index (χ4n) is 1.69. The number of rotatable bonds is 5. The normalized spacial score (nSPS) is 17.0. The number of carbonyl (C=O) groups excluding carboxylic acids is 2. The van der Waals surface area contributed by atoms with E-state index in [9.17, 15) is 14.4 Å². The lowest BCUT2D eigenvalue weighted by atomic mass is 9.74. The number of urea groups is 1. The van der Waals surface area contributed by atoms with Crippen molar-refractivity contribution in [1.29, 1.82) is 0 Å². The SMILES string of the molecule is NC(=O)CNC(=O)NC1(CC(=O)O)CCC1. The number of aliphatic carboxylic acids is 1. The molecule has 90 valence electrons. The quantitative estimate of drug-likeness (QED) is 0.491. The summed E-state index contributed by atoms with van der Waals surface area (Å²) in [5.74, 6) is -1.59. The molecule has 0 heterocycles. The molecular weight excluding hydrogens is 214 g/mol. The summed E-state index contributed by atoms with van der Waals surface area (Å²) >= 11 is 0. The molecule has 3 amide bonds. The van der Waals surface area contributed by atoms with Crippen LogP contribution in [0.15, 0.2) is 0 Å². The number of primary amides is 1. The van der Waals surface area contributed by atoms with E-state index in [1.165, 1.54) is 0 Å². The van der Waals surface area contributed by atoms with Gasteiger partial charge in [0.15, 0.2) is 0 Å². The van der Waals surface area contributed by atoms with Crippen LogP contribution in [0.3, 0.4) is 0 Å². The zero-order valence-electron chi connectivity index (χ0n) is 8.78. The van der Waals surface area contributed by atoms with Gasteiger partial charge in [-0.05, 0) is 19.3 Å². The summed E-state index contributed by atoms with van der Waals surface area (Å²) in [5.41, 5.74) is 4.20. The molecule has 0 spiro atoms. The average molecular weight is 229 g/mol. The van der Waals surface area contributed by atoms with Gasteiger partial charge in [0.1, 0.15) is 0 Å². The van der Waals surface area contributed by atoms with Gasteiger partial charge in [-0.15, -0.1) is 0 Å². The molecule has 1 aliphatic rings. The van der Waals surface area contributed by atoms with Crippen LogP contribution >= 0.6 is 0 Å². The maximum Gasteiger partial charge on any atom is 0.315 e. The van der Waals surface area contributed by atoms with Crippen LogP contribution in [-0.4, -0.2) is 35.1 Å². The van der Waals surface area contributed by atoms with Crippen molar-refractivity contribution < 1.29 is 19.5 Å². The highest BCUT2D eigenvalue weighted by Crippen LogP contribution is 2.34. The first kappa shape index (κ1) is 12.3. The summed E-state index contributed by atoms with van der Waals surface area (Å²) < 4.78 is 0. The Kier molecular flexibility index (Phi) is 3.70. The smallest absolute Gasteiger partial charge is 0.315 e. The molecule has 0 unspecified atom stereocenters. The molecule has 1 aliphatic carbocycles. The fourth-order valence-corrected chi connectivity index (χ4v) is 1.69. The number of carboxylic acids is 1. The highest BCUT2D eigenvalue weighted by Gasteiger charge is 2.40. The number of nitrogens with one attached hydrogen (secondary N) is 2. The van der Waals surface area contributed by atoms with Crippen LogP contribution in [0, 0.1) is 0 Å². The van der Waals surface area contributed by atoms with Crippen molar-refractivity contribution in [3.63, 3.8) is 0 Å². The summed E-state index contributed by atoms with van der Waals surface area (Å²) in [6, 6.07) is -0.556. The molecule has 16 heavy (non-hydrogen) atoms. The van der Waals surface area contributed by atoms with Crippen molar-refractivity contribution in [2.24, 2.45) is 5.73 Å². The standard InChI is InChI=1S/C9H15N3O4/c10-6(13)5-11-8(16)12-9(2-1-3-9)4-7(14)15/h1-5H2,(H2,10,13)(H,14,15)(H2,11,12,16). The Morgan fingerprint density at radius 3 is 2.31 bits per heavy atom. The molecule has 0 aliphatic heterocycles. The molecular formula is C9H15N3O4. The third kappa shape index (κ3) is 3.41. The Labute approximate surface area is 92.4 Å². The van der Waals surface area contributed by atoms with E-state index < -0.39 is 23.4 Å². The van der Waals surface area contributed by atoms with E-state index in [1.807, 2.05) is 0 Å². The molecule has 0 atom stereocenters. The minimum atomic E-state index is -0.949. The van der Waals surface area contributed by atoms with E-state index in [1.54, 1.807) is 0 Å². The number of hydrogen-bond acceptors (Lipinski definition) is 3. The van der Waals surface area contributed by atoms with Gasteiger partial charge >= 0.3 is 12.0 Å². The van der Waals surface area contributed by atoms with Crippen molar-refractivity contribution >= 4 is 17.9 Å². The summed E-state index contributed by atoms with van der Waals surface area (Å²) in [6.45, 7) is -0.255. The van der Waals surface area contributed by atoms with Gasteiger partial charge in [-0.3, -0.25) is 9.59 Å². The molecule has 7 heteroatoms. The number of carboxylic acid groups (broad SMARTS) is 1. The summed E-state index contributed by atoms with van der Waals surface area (Å²) in [6.07, 6.45) is 2.08. The number of hydrogen-bond donors (Lipinski definition) is 4. The summed E-state index contributed by atoms with van der Waals surface area (Å²) in [5, 5.41) is 13.5. The predicted molar refractivity (Wildman–Crippen MR) is 54.6 cm³/mol. The van der Waals surface area contributed by atoms with Gasteiger partial charge in [-0.1, -0.05) is 0 Å². The zero-order chi connectivity index (χ0) is 12.2. The van der Waals surface area contributed by atoms with Gasteiger partial charge in [0, 0.05) is 0 Å². The van der Waals surface area contributed by atoms with Crippen molar-refractivity contribution in [2.45, 2.75) is 31.2 Å². The van der Waals surface area contributed by atoms with E-state index in [0.717, 1.165) is 6.42 Å². The van der Waals surface area contributed by atoms with Gasteiger partial charge in [-0.2, -0.15) is 0 Å². The summed E-state index contributed by atoms with van der Waals surface area (Å²) in [7, 11) is 0. The van der Waals surface area contributed by atoms with Gasteiger partial charge in [0.25, 0.3) is 0 Å². The van der Waals surface area contributed by atoms with Crippen LogP contribution < -0.4 is 16.4 Å². The monoisotopic (exact) mass is 229 g/mol. The lowest BCUT2D eigenvalue weighted by molar-refractivity contribution is -0.139. The third-order valence-corrected chi connectivity index (χ3v) is 2.60. The number of nitrogens with two attached hydrogens (primary N) is 1. The third-order valence-electron chi connectivity index (χ3n) is 2.60.